The highest BCUT2D eigenvalue weighted by Crippen LogP contribution is 2.63. The quantitative estimate of drug-likeness (QED) is 0.163. The predicted octanol–water partition coefficient (Wildman–Crippen LogP) is 17.7. The van der Waals surface area contributed by atoms with Crippen molar-refractivity contribution in [2.75, 3.05) is 19.6 Å². The predicted molar refractivity (Wildman–Crippen MR) is 337 cm³/mol. The van der Waals surface area contributed by atoms with Gasteiger partial charge in [0.1, 0.15) is 0 Å². The molecule has 6 heteroatoms. The number of hydrogen-bond donors (Lipinski definition) is 0. The Hall–Kier alpha value is -7.54. The van der Waals surface area contributed by atoms with E-state index in [4.69, 9.17) is 0 Å². The standard InChI is InChI=1S/C73H65BN4S/c1-46-42-65-68-66(43-46)76(62-30-19-24-54-53-22-8-13-31-67(53)79-69(54)62)64-45-49(78-61-28-12-10-26-56(61)71(3)39-15-17-41-73(71,78)5)34-37-58(64)74(68)57-36-33-48(77-60-27-11-9-25-55(60)70(2)38-14-16-40-72(70,77)4)44-63(57)75(65)59-29-18-23-51-50-21-7-6-20-47(50)32-35-52(51)59/h6-13,18-31,33-34,36-37,42-45H,14-17,32,35,38-41H2,1-5H3. The number of aryl methyl sites for hydroxylation is 2. The molecule has 386 valence electrons. The van der Waals surface area contributed by atoms with Crippen LogP contribution in [0.1, 0.15) is 107 Å². The highest BCUT2D eigenvalue weighted by molar-refractivity contribution is 7.26. The van der Waals surface area contributed by atoms with Gasteiger partial charge in [0, 0.05) is 77.5 Å². The van der Waals surface area contributed by atoms with Crippen LogP contribution < -0.4 is 36.0 Å². The first kappa shape index (κ1) is 46.4. The molecular formula is C73H65BN4S. The van der Waals surface area contributed by atoms with Gasteiger partial charge in [-0.05, 0) is 181 Å². The van der Waals surface area contributed by atoms with Crippen molar-refractivity contribution in [3.8, 4) is 11.1 Å². The minimum atomic E-state index is -0.0707. The summed E-state index contributed by atoms with van der Waals surface area (Å²) >= 11 is 1.94. The number of thiophene rings is 1. The zero-order valence-corrected chi connectivity index (χ0v) is 47.0. The molecule has 5 heterocycles. The van der Waals surface area contributed by atoms with Crippen LogP contribution in [0.25, 0.3) is 31.3 Å². The minimum Gasteiger partial charge on any atom is -0.334 e. The maximum atomic E-state index is 2.79. The molecule has 4 nitrogen and oxygen atoms in total. The Morgan fingerprint density at radius 3 is 1.62 bits per heavy atom. The molecule has 10 aromatic rings. The fraction of sp³-hybridized carbons (Fsp3) is 0.260. The third-order valence-electron chi connectivity index (χ3n) is 21.7. The van der Waals surface area contributed by atoms with Crippen molar-refractivity contribution < 1.29 is 0 Å². The molecule has 4 atom stereocenters. The fourth-order valence-corrected chi connectivity index (χ4v) is 18.8. The van der Waals surface area contributed by atoms with Gasteiger partial charge in [-0.3, -0.25) is 0 Å². The lowest BCUT2D eigenvalue weighted by Crippen LogP contribution is -2.61. The van der Waals surface area contributed by atoms with E-state index in [9.17, 15) is 0 Å². The lowest BCUT2D eigenvalue weighted by Gasteiger charge is -2.51. The molecule has 3 aliphatic carbocycles. The summed E-state index contributed by atoms with van der Waals surface area (Å²) in [4.78, 5) is 11.0. The third-order valence-corrected chi connectivity index (χ3v) is 22.9. The van der Waals surface area contributed by atoms with Gasteiger partial charge in [-0.2, -0.15) is 0 Å². The van der Waals surface area contributed by atoms with E-state index >= 15 is 0 Å². The molecule has 4 unspecified atom stereocenters. The van der Waals surface area contributed by atoms with Crippen molar-refractivity contribution >= 4 is 111 Å². The van der Waals surface area contributed by atoms with Crippen LogP contribution in [-0.2, 0) is 23.7 Å². The summed E-state index contributed by atoms with van der Waals surface area (Å²) in [5.41, 5.74) is 26.9. The smallest absolute Gasteiger partial charge is 0.252 e. The van der Waals surface area contributed by atoms with Crippen LogP contribution in [0.4, 0.5) is 56.9 Å². The summed E-state index contributed by atoms with van der Waals surface area (Å²) in [6.07, 6.45) is 11.8. The average Bonchev–Trinajstić information content (AvgIpc) is 4.29. The number of fused-ring (bicyclic) bond motifs is 16. The molecule has 0 radical (unpaired) electrons. The maximum absolute atomic E-state index is 2.79. The topological polar surface area (TPSA) is 13.0 Å². The first-order chi connectivity index (χ1) is 38.6. The van der Waals surface area contributed by atoms with Gasteiger partial charge in [0.15, 0.2) is 0 Å². The van der Waals surface area contributed by atoms with Crippen LogP contribution in [-0.4, -0.2) is 17.8 Å². The van der Waals surface area contributed by atoms with Crippen molar-refractivity contribution in [2.24, 2.45) is 0 Å². The van der Waals surface area contributed by atoms with E-state index in [0.717, 1.165) is 25.7 Å². The van der Waals surface area contributed by atoms with Crippen LogP contribution in [0.5, 0.6) is 0 Å². The summed E-state index contributed by atoms with van der Waals surface area (Å²) in [6, 6.07) is 71.6. The number of para-hydroxylation sites is 2. The first-order valence-corrected chi connectivity index (χ1v) is 30.3. The monoisotopic (exact) mass is 1040 g/mol. The van der Waals surface area contributed by atoms with Crippen molar-refractivity contribution in [1.29, 1.82) is 0 Å². The van der Waals surface area contributed by atoms with Gasteiger partial charge in [-0.15, -0.1) is 11.3 Å². The summed E-state index contributed by atoms with van der Waals surface area (Å²) in [5, 5.41) is 2.65. The van der Waals surface area contributed by atoms with Gasteiger partial charge in [-0.1, -0.05) is 155 Å². The first-order valence-electron chi connectivity index (χ1n) is 29.5. The molecule has 79 heavy (non-hydrogen) atoms. The maximum Gasteiger partial charge on any atom is 0.252 e. The molecule has 9 aromatic carbocycles. The Labute approximate surface area is 470 Å². The Balaban J connectivity index is 0.954. The van der Waals surface area contributed by atoms with Crippen LogP contribution in [0.2, 0.25) is 0 Å². The number of benzene rings is 9. The third kappa shape index (κ3) is 5.96. The summed E-state index contributed by atoms with van der Waals surface area (Å²) in [5.74, 6) is 0. The molecule has 2 saturated carbocycles. The molecule has 0 bridgehead atoms. The summed E-state index contributed by atoms with van der Waals surface area (Å²) in [7, 11) is 0. The van der Waals surface area contributed by atoms with Crippen molar-refractivity contribution in [3.05, 3.63) is 210 Å². The van der Waals surface area contributed by atoms with Crippen molar-refractivity contribution in [3.63, 3.8) is 0 Å². The molecular weight excluding hydrogens is 976 g/mol. The molecule has 0 spiro atoms. The van der Waals surface area contributed by atoms with Gasteiger partial charge in [0.05, 0.1) is 21.5 Å². The Morgan fingerprint density at radius 1 is 0.430 bits per heavy atom. The molecule has 7 aliphatic rings. The molecule has 4 aliphatic heterocycles. The van der Waals surface area contributed by atoms with E-state index < -0.39 is 0 Å². The highest BCUT2D eigenvalue weighted by Gasteiger charge is 2.59. The average molecular weight is 1040 g/mol. The molecule has 0 saturated heterocycles. The van der Waals surface area contributed by atoms with E-state index in [1.54, 1.807) is 0 Å². The Bertz CT molecular complexity index is 4270. The molecule has 2 fully saturated rings. The second kappa shape index (κ2) is 16.3. The van der Waals surface area contributed by atoms with E-state index in [-0.39, 0.29) is 28.6 Å². The molecule has 17 rings (SSSR count). The number of hydrogen-bond acceptors (Lipinski definition) is 5. The van der Waals surface area contributed by atoms with Crippen molar-refractivity contribution in [2.45, 2.75) is 121 Å². The van der Waals surface area contributed by atoms with Crippen LogP contribution in [0.15, 0.2) is 182 Å². The summed E-state index contributed by atoms with van der Waals surface area (Å²) in [6.45, 7) is 12.6. The van der Waals surface area contributed by atoms with Gasteiger partial charge in [0.2, 0.25) is 0 Å². The lowest BCUT2D eigenvalue weighted by molar-refractivity contribution is 0.195. The number of rotatable bonds is 4. The Kier molecular flexibility index (Phi) is 9.57. The van der Waals surface area contributed by atoms with Crippen LogP contribution in [0.3, 0.4) is 0 Å². The van der Waals surface area contributed by atoms with Crippen molar-refractivity contribution in [1.82, 2.24) is 0 Å². The van der Waals surface area contributed by atoms with E-state index in [2.05, 4.69) is 236 Å². The lowest BCUT2D eigenvalue weighted by atomic mass is 9.33. The minimum absolute atomic E-state index is 0.0177. The zero-order chi connectivity index (χ0) is 52.7. The fourth-order valence-electron chi connectivity index (χ4n) is 17.6. The molecule has 0 amide bonds. The number of anilines is 10. The Morgan fingerprint density at radius 2 is 0.949 bits per heavy atom. The van der Waals surface area contributed by atoms with Crippen LogP contribution in [0, 0.1) is 6.92 Å². The SMILES string of the molecule is Cc1cc2c3c(c1)N(c1cccc4c1sc1ccccc14)c1cc(N4c5ccccc5C5(C)CCCCC45C)ccc1B3c1ccc(N3c4ccccc4C4(C)CCCCC34C)cc1N2c1cccc2c1CCc1ccccc1-2. The van der Waals surface area contributed by atoms with Gasteiger partial charge >= 0.3 is 0 Å². The van der Waals surface area contributed by atoms with E-state index in [0.29, 0.717) is 0 Å². The van der Waals surface area contributed by atoms with Gasteiger partial charge in [-0.25, -0.2) is 0 Å². The summed E-state index contributed by atoms with van der Waals surface area (Å²) < 4.78 is 2.65. The second-order valence-electron chi connectivity index (χ2n) is 25.4. The van der Waals surface area contributed by atoms with E-state index in [1.807, 2.05) is 11.3 Å². The molecule has 0 N–H and O–H groups in total. The second-order valence-corrected chi connectivity index (χ2v) is 26.4. The molecule has 1 aromatic heterocycles. The van der Waals surface area contributed by atoms with Gasteiger partial charge in [0.25, 0.3) is 6.71 Å². The highest BCUT2D eigenvalue weighted by atomic mass is 32.1. The zero-order valence-electron chi connectivity index (χ0n) is 46.2. The van der Waals surface area contributed by atoms with Gasteiger partial charge < -0.3 is 19.6 Å². The largest absolute Gasteiger partial charge is 0.334 e. The van der Waals surface area contributed by atoms with E-state index in [1.165, 1.54) is 171 Å². The number of nitrogens with zero attached hydrogens (tertiary/aromatic N) is 4. The normalized spacial score (nSPS) is 23.8. The van der Waals surface area contributed by atoms with Crippen LogP contribution >= 0.6 is 11.3 Å².